The fourth-order valence-electron chi connectivity index (χ4n) is 9.56. The molecule has 9 saturated heterocycles. The van der Waals surface area contributed by atoms with Crippen molar-refractivity contribution in [1.29, 1.82) is 0 Å². The van der Waals surface area contributed by atoms with Crippen molar-refractivity contribution >= 4 is 5.78 Å². The largest absolute Gasteiger partial charge is 0.381 e. The normalized spacial score (nSPS) is 50.3. The number of fused-ring (bicyclic) bond motifs is 1. The van der Waals surface area contributed by atoms with Gasteiger partial charge in [0.05, 0.1) is 42.7 Å². The summed E-state index contributed by atoms with van der Waals surface area (Å²) >= 11 is 0. The molecule has 0 saturated carbocycles. The molecule has 250 valence electrons. The summed E-state index contributed by atoms with van der Waals surface area (Å²) in [6.07, 6.45) is 9.11. The van der Waals surface area contributed by atoms with Gasteiger partial charge in [-0.25, -0.2) is 0 Å². The maximum Gasteiger partial charge on any atom is 0.172 e. The van der Waals surface area contributed by atoms with Crippen LogP contribution in [0.15, 0.2) is 24.3 Å². The molecular formula is C36H52O9. The van der Waals surface area contributed by atoms with Gasteiger partial charge in [-0.15, -0.1) is 0 Å². The zero-order chi connectivity index (χ0) is 30.9. The first kappa shape index (κ1) is 31.1. The minimum Gasteiger partial charge on any atom is -0.381 e. The second-order valence-corrected chi connectivity index (χ2v) is 15.4. The molecule has 0 aliphatic carbocycles. The van der Waals surface area contributed by atoms with Crippen LogP contribution < -0.4 is 0 Å². The van der Waals surface area contributed by atoms with E-state index in [0.29, 0.717) is 37.7 Å². The van der Waals surface area contributed by atoms with Gasteiger partial charge in [-0.2, -0.15) is 0 Å². The molecule has 9 aliphatic rings. The van der Waals surface area contributed by atoms with Crippen molar-refractivity contribution in [2.24, 2.45) is 11.8 Å². The van der Waals surface area contributed by atoms with E-state index in [4.69, 9.17) is 37.9 Å². The van der Waals surface area contributed by atoms with Gasteiger partial charge in [-0.3, -0.25) is 4.79 Å². The number of hydrogen-bond donors (Lipinski definition) is 0. The predicted molar refractivity (Wildman–Crippen MR) is 164 cm³/mol. The zero-order valence-corrected chi connectivity index (χ0v) is 27.1. The van der Waals surface area contributed by atoms with Gasteiger partial charge in [0, 0.05) is 38.9 Å². The van der Waals surface area contributed by atoms with E-state index >= 15 is 0 Å². The molecular weight excluding hydrogens is 576 g/mol. The van der Waals surface area contributed by atoms with Crippen molar-refractivity contribution in [3.8, 4) is 0 Å². The van der Waals surface area contributed by atoms with E-state index in [1.54, 1.807) is 0 Å². The number of carbonyl (C=O) groups excluding carboxylic acids is 1. The minimum absolute atomic E-state index is 0.0280. The molecule has 9 heterocycles. The Morgan fingerprint density at radius 2 is 1.62 bits per heavy atom. The second kappa shape index (κ2) is 12.4. The summed E-state index contributed by atoms with van der Waals surface area (Å²) in [7, 11) is 0. The van der Waals surface area contributed by atoms with Gasteiger partial charge in [0.25, 0.3) is 0 Å². The molecule has 0 spiro atoms. The SMILES string of the molecule is C=C1CC(CC[C@@]23CC4OC5C(O2)[C@H]2OC(CC(=O)CC6CCOC6)CCC2O[C@H]5C4O3)O[C@H]1CCC1C[C@@H](C)C(=C)[C@@H](C)O1. The first-order valence-electron chi connectivity index (χ1n) is 17.8. The van der Waals surface area contributed by atoms with Crippen molar-refractivity contribution in [3.05, 3.63) is 24.3 Å². The average Bonchev–Trinajstić information content (AvgIpc) is 3.75. The standard InChI is InChI=1S/C36H52O9/c1-19-13-25(39-22(4)21(19)3)5-7-28-20(2)14-27(40-28)9-11-36-17-30-32(44-36)33-34(43-30)35(45-36)31-29(42-33)8-6-26(41-31)16-24(37)15-23-10-12-38-18-23/h19,22-23,25-35H,2-3,5-18H2,1,4H3/t19-,22-,23?,25?,26?,27?,28+,29?,30?,31+,32?,33+,34?,35?,36+/m1/s1. The van der Waals surface area contributed by atoms with Crippen molar-refractivity contribution in [3.63, 3.8) is 0 Å². The average molecular weight is 629 g/mol. The number of hydrogen-bond acceptors (Lipinski definition) is 9. The fraction of sp³-hybridized carbons (Fsp3) is 0.861. The lowest BCUT2D eigenvalue weighted by atomic mass is 9.86. The summed E-state index contributed by atoms with van der Waals surface area (Å²) in [6, 6.07) is 0. The van der Waals surface area contributed by atoms with Gasteiger partial charge >= 0.3 is 0 Å². The third-order valence-electron chi connectivity index (χ3n) is 12.1. The molecule has 0 aromatic heterocycles. The minimum atomic E-state index is -0.732. The molecule has 0 aromatic rings. The molecule has 9 unspecified atom stereocenters. The van der Waals surface area contributed by atoms with Crippen LogP contribution in [0.4, 0.5) is 0 Å². The lowest BCUT2D eigenvalue weighted by molar-refractivity contribution is -0.292. The maximum absolute atomic E-state index is 12.9. The Bertz CT molecular complexity index is 1140. The molecule has 9 heteroatoms. The maximum atomic E-state index is 12.9. The Balaban J connectivity index is 0.871. The van der Waals surface area contributed by atoms with Crippen LogP contribution in [-0.2, 0) is 42.7 Å². The van der Waals surface area contributed by atoms with Gasteiger partial charge in [0.1, 0.15) is 36.3 Å². The van der Waals surface area contributed by atoms with Crippen molar-refractivity contribution in [2.45, 2.75) is 170 Å². The smallest absolute Gasteiger partial charge is 0.172 e. The molecule has 9 nitrogen and oxygen atoms in total. The fourth-order valence-corrected chi connectivity index (χ4v) is 9.56. The molecule has 0 N–H and O–H groups in total. The van der Waals surface area contributed by atoms with E-state index in [-0.39, 0.29) is 79.0 Å². The first-order valence-corrected chi connectivity index (χ1v) is 17.8. The summed E-state index contributed by atoms with van der Waals surface area (Å²) < 4.78 is 51.8. The third-order valence-corrected chi connectivity index (χ3v) is 12.1. The van der Waals surface area contributed by atoms with E-state index in [1.165, 1.54) is 11.1 Å². The lowest BCUT2D eigenvalue weighted by Gasteiger charge is -2.47. The van der Waals surface area contributed by atoms with Crippen LogP contribution >= 0.6 is 0 Å². The number of rotatable bonds is 10. The Kier molecular flexibility index (Phi) is 8.56. The molecule has 6 bridgehead atoms. The van der Waals surface area contributed by atoms with Gasteiger partial charge in [-0.1, -0.05) is 20.1 Å². The van der Waals surface area contributed by atoms with Crippen LogP contribution in [0.2, 0.25) is 0 Å². The van der Waals surface area contributed by atoms with E-state index in [2.05, 4.69) is 27.0 Å². The highest BCUT2D eigenvalue weighted by molar-refractivity contribution is 5.79. The lowest BCUT2D eigenvalue weighted by Crippen LogP contribution is -2.61. The third kappa shape index (κ3) is 6.03. The molecule has 15 atom stereocenters. The molecule has 9 rings (SSSR count). The Morgan fingerprint density at radius 1 is 0.800 bits per heavy atom. The van der Waals surface area contributed by atoms with Gasteiger partial charge in [0.15, 0.2) is 5.79 Å². The number of ether oxygens (including phenoxy) is 8. The molecule has 9 aliphatic heterocycles. The number of carbonyl (C=O) groups is 1. The van der Waals surface area contributed by atoms with Crippen LogP contribution in [0.3, 0.4) is 0 Å². The van der Waals surface area contributed by atoms with Crippen molar-refractivity contribution in [1.82, 2.24) is 0 Å². The van der Waals surface area contributed by atoms with Crippen LogP contribution in [0, 0.1) is 11.8 Å². The molecule has 0 radical (unpaired) electrons. The molecule has 9 fully saturated rings. The second-order valence-electron chi connectivity index (χ2n) is 15.4. The van der Waals surface area contributed by atoms with Crippen molar-refractivity contribution in [2.75, 3.05) is 13.2 Å². The highest BCUT2D eigenvalue weighted by Gasteiger charge is 2.68. The van der Waals surface area contributed by atoms with E-state index in [0.717, 1.165) is 64.4 Å². The summed E-state index contributed by atoms with van der Waals surface area (Å²) in [4.78, 5) is 12.9. The van der Waals surface area contributed by atoms with Gasteiger partial charge in [0.2, 0.25) is 0 Å². The highest BCUT2D eigenvalue weighted by atomic mass is 16.8. The topological polar surface area (TPSA) is 90.9 Å². The van der Waals surface area contributed by atoms with E-state index in [1.807, 2.05) is 0 Å². The Labute approximate surface area is 267 Å². The van der Waals surface area contributed by atoms with Gasteiger partial charge in [-0.05, 0) is 81.3 Å². The number of ketones is 1. The summed E-state index contributed by atoms with van der Waals surface area (Å²) in [5.74, 6) is 0.375. The zero-order valence-electron chi connectivity index (χ0n) is 27.1. The predicted octanol–water partition coefficient (Wildman–Crippen LogP) is 4.98. The Morgan fingerprint density at radius 3 is 2.44 bits per heavy atom. The van der Waals surface area contributed by atoms with Crippen LogP contribution in [0.25, 0.3) is 0 Å². The summed E-state index contributed by atoms with van der Waals surface area (Å²) in [5.41, 5.74) is 2.38. The monoisotopic (exact) mass is 628 g/mol. The summed E-state index contributed by atoms with van der Waals surface area (Å²) in [6.45, 7) is 14.4. The first-order chi connectivity index (χ1) is 21.7. The highest BCUT2D eigenvalue weighted by Crippen LogP contribution is 2.54. The molecule has 45 heavy (non-hydrogen) atoms. The van der Waals surface area contributed by atoms with Crippen LogP contribution in [-0.4, -0.2) is 98.0 Å². The van der Waals surface area contributed by atoms with Crippen LogP contribution in [0.5, 0.6) is 0 Å². The van der Waals surface area contributed by atoms with E-state index in [9.17, 15) is 4.79 Å². The Hall–Kier alpha value is -1.17. The number of Topliss-reactive ketones (excluding diaryl/α,β-unsaturated/α-hetero) is 1. The van der Waals surface area contributed by atoms with Crippen LogP contribution in [0.1, 0.15) is 90.9 Å². The quantitative estimate of drug-likeness (QED) is 0.311. The van der Waals surface area contributed by atoms with E-state index < -0.39 is 5.79 Å². The molecule has 0 amide bonds. The summed E-state index contributed by atoms with van der Waals surface area (Å²) in [5, 5.41) is 0. The van der Waals surface area contributed by atoms with Gasteiger partial charge < -0.3 is 37.9 Å². The van der Waals surface area contributed by atoms with Crippen molar-refractivity contribution < 1.29 is 42.7 Å². The molecule has 0 aromatic carbocycles.